The first kappa shape index (κ1) is 12.5. The first-order valence-corrected chi connectivity index (χ1v) is 7.23. The standard InChI is InChI=1S/C17H21NO/c1-2-16-9-10-17(19-16)12-18-15-8-7-13-5-3-4-6-14(13)11-15/h3-6,9-10,15,18H,2,7-8,11-12H2,1H3. The molecule has 3 rings (SSSR count). The van der Waals surface area contributed by atoms with E-state index in [1.165, 1.54) is 24.0 Å². The first-order valence-electron chi connectivity index (χ1n) is 7.23. The SMILES string of the molecule is CCc1ccc(CNC2CCc3ccccc3C2)o1. The molecular weight excluding hydrogens is 234 g/mol. The van der Waals surface area contributed by atoms with Crippen LogP contribution < -0.4 is 5.32 Å². The summed E-state index contributed by atoms with van der Waals surface area (Å²) in [6.45, 7) is 2.96. The van der Waals surface area contributed by atoms with Crippen LogP contribution in [0.2, 0.25) is 0 Å². The Balaban J connectivity index is 1.57. The second kappa shape index (κ2) is 5.62. The minimum Gasteiger partial charge on any atom is -0.465 e. The number of benzene rings is 1. The Labute approximate surface area is 114 Å². The third-order valence-electron chi connectivity index (χ3n) is 3.98. The number of rotatable bonds is 4. The highest BCUT2D eigenvalue weighted by atomic mass is 16.3. The lowest BCUT2D eigenvalue weighted by atomic mass is 9.88. The molecule has 1 aromatic heterocycles. The van der Waals surface area contributed by atoms with E-state index in [9.17, 15) is 0 Å². The molecule has 0 bridgehead atoms. The molecule has 0 fully saturated rings. The third-order valence-corrected chi connectivity index (χ3v) is 3.98. The maximum absolute atomic E-state index is 5.73. The Kier molecular flexibility index (Phi) is 3.69. The van der Waals surface area contributed by atoms with Gasteiger partial charge in [0.05, 0.1) is 6.54 Å². The molecule has 2 nitrogen and oxygen atoms in total. The van der Waals surface area contributed by atoms with E-state index in [4.69, 9.17) is 4.42 Å². The van der Waals surface area contributed by atoms with Crippen molar-refractivity contribution >= 4 is 0 Å². The first-order chi connectivity index (χ1) is 9.35. The van der Waals surface area contributed by atoms with Gasteiger partial charge in [-0.1, -0.05) is 31.2 Å². The van der Waals surface area contributed by atoms with E-state index in [2.05, 4.69) is 48.6 Å². The van der Waals surface area contributed by atoms with Gasteiger partial charge in [-0.15, -0.1) is 0 Å². The van der Waals surface area contributed by atoms with Crippen LogP contribution in [0.1, 0.15) is 36.0 Å². The Morgan fingerprint density at radius 3 is 2.68 bits per heavy atom. The van der Waals surface area contributed by atoms with Gasteiger partial charge in [-0.2, -0.15) is 0 Å². The molecule has 1 aliphatic carbocycles. The van der Waals surface area contributed by atoms with Crippen molar-refractivity contribution in [2.75, 3.05) is 0 Å². The molecule has 1 atom stereocenters. The van der Waals surface area contributed by atoms with E-state index in [1.807, 2.05) is 0 Å². The van der Waals surface area contributed by atoms with Crippen LogP contribution in [0.5, 0.6) is 0 Å². The zero-order valence-electron chi connectivity index (χ0n) is 11.5. The van der Waals surface area contributed by atoms with Gasteiger partial charge in [-0.3, -0.25) is 0 Å². The molecule has 2 heteroatoms. The molecule has 0 saturated carbocycles. The minimum absolute atomic E-state index is 0.574. The van der Waals surface area contributed by atoms with Crippen LogP contribution in [-0.2, 0) is 25.8 Å². The van der Waals surface area contributed by atoms with Gasteiger partial charge in [-0.25, -0.2) is 0 Å². The number of furan rings is 1. The zero-order valence-corrected chi connectivity index (χ0v) is 11.5. The summed E-state index contributed by atoms with van der Waals surface area (Å²) < 4.78 is 5.73. The van der Waals surface area contributed by atoms with E-state index in [0.717, 1.165) is 30.9 Å². The molecule has 19 heavy (non-hydrogen) atoms. The predicted octanol–water partition coefficient (Wildman–Crippen LogP) is 3.49. The van der Waals surface area contributed by atoms with Crippen molar-refractivity contribution in [3.63, 3.8) is 0 Å². The lowest BCUT2D eigenvalue weighted by Gasteiger charge is -2.25. The molecule has 0 saturated heterocycles. The van der Waals surface area contributed by atoms with Crippen molar-refractivity contribution < 1.29 is 4.42 Å². The van der Waals surface area contributed by atoms with Crippen LogP contribution >= 0.6 is 0 Å². The van der Waals surface area contributed by atoms with Gasteiger partial charge < -0.3 is 9.73 Å². The molecule has 1 N–H and O–H groups in total. The molecule has 0 radical (unpaired) electrons. The molecule has 0 spiro atoms. The lowest BCUT2D eigenvalue weighted by Crippen LogP contribution is -2.33. The second-order valence-electron chi connectivity index (χ2n) is 5.31. The average molecular weight is 255 g/mol. The summed E-state index contributed by atoms with van der Waals surface area (Å²) in [5.74, 6) is 2.13. The van der Waals surface area contributed by atoms with Crippen molar-refractivity contribution in [2.24, 2.45) is 0 Å². The molecular formula is C17H21NO. The van der Waals surface area contributed by atoms with Gasteiger partial charge in [0.2, 0.25) is 0 Å². The van der Waals surface area contributed by atoms with Crippen LogP contribution in [0.3, 0.4) is 0 Å². The van der Waals surface area contributed by atoms with Crippen molar-refractivity contribution in [3.8, 4) is 0 Å². The van der Waals surface area contributed by atoms with E-state index >= 15 is 0 Å². The highest BCUT2D eigenvalue weighted by Gasteiger charge is 2.17. The van der Waals surface area contributed by atoms with Crippen molar-refractivity contribution in [2.45, 2.75) is 45.2 Å². The summed E-state index contributed by atoms with van der Waals surface area (Å²) in [7, 11) is 0. The smallest absolute Gasteiger partial charge is 0.117 e. The fraction of sp³-hybridized carbons (Fsp3) is 0.412. The summed E-state index contributed by atoms with van der Waals surface area (Å²) in [5, 5.41) is 3.62. The quantitative estimate of drug-likeness (QED) is 0.904. The van der Waals surface area contributed by atoms with Crippen molar-refractivity contribution in [1.82, 2.24) is 5.32 Å². The van der Waals surface area contributed by atoms with Crippen molar-refractivity contribution in [3.05, 3.63) is 59.0 Å². The maximum atomic E-state index is 5.73. The average Bonchev–Trinajstić information content (AvgIpc) is 2.93. The zero-order chi connectivity index (χ0) is 13.1. The molecule has 1 unspecified atom stereocenters. The number of nitrogens with one attached hydrogen (secondary N) is 1. The Morgan fingerprint density at radius 1 is 1.11 bits per heavy atom. The number of fused-ring (bicyclic) bond motifs is 1. The molecule has 1 aliphatic rings. The largest absolute Gasteiger partial charge is 0.465 e. The number of aryl methyl sites for hydroxylation is 2. The highest BCUT2D eigenvalue weighted by Crippen LogP contribution is 2.21. The van der Waals surface area contributed by atoms with Crippen LogP contribution in [0.4, 0.5) is 0 Å². The van der Waals surface area contributed by atoms with Gasteiger partial charge in [0.15, 0.2) is 0 Å². The van der Waals surface area contributed by atoms with Gasteiger partial charge in [0, 0.05) is 12.5 Å². The van der Waals surface area contributed by atoms with Gasteiger partial charge in [-0.05, 0) is 42.5 Å². The lowest BCUT2D eigenvalue weighted by molar-refractivity contribution is 0.404. The Hall–Kier alpha value is -1.54. The molecule has 1 aromatic carbocycles. The Bertz CT molecular complexity index is 544. The molecule has 2 aromatic rings. The molecule has 0 aliphatic heterocycles. The fourth-order valence-electron chi connectivity index (χ4n) is 2.82. The number of hydrogen-bond donors (Lipinski definition) is 1. The van der Waals surface area contributed by atoms with E-state index in [1.54, 1.807) is 0 Å². The van der Waals surface area contributed by atoms with E-state index < -0.39 is 0 Å². The minimum atomic E-state index is 0.574. The topological polar surface area (TPSA) is 25.2 Å². The summed E-state index contributed by atoms with van der Waals surface area (Å²) in [4.78, 5) is 0. The summed E-state index contributed by atoms with van der Waals surface area (Å²) in [6, 6.07) is 13.5. The normalized spacial score (nSPS) is 18.3. The summed E-state index contributed by atoms with van der Waals surface area (Å²) >= 11 is 0. The van der Waals surface area contributed by atoms with Crippen LogP contribution in [0.15, 0.2) is 40.8 Å². The fourth-order valence-corrected chi connectivity index (χ4v) is 2.82. The van der Waals surface area contributed by atoms with E-state index in [0.29, 0.717) is 6.04 Å². The van der Waals surface area contributed by atoms with Crippen LogP contribution in [-0.4, -0.2) is 6.04 Å². The summed E-state index contributed by atoms with van der Waals surface area (Å²) in [5.41, 5.74) is 3.02. The van der Waals surface area contributed by atoms with Crippen LogP contribution in [0, 0.1) is 0 Å². The van der Waals surface area contributed by atoms with Crippen LogP contribution in [0.25, 0.3) is 0 Å². The van der Waals surface area contributed by atoms with Gasteiger partial charge in [0.1, 0.15) is 11.5 Å². The van der Waals surface area contributed by atoms with Gasteiger partial charge >= 0.3 is 0 Å². The molecule has 100 valence electrons. The second-order valence-corrected chi connectivity index (χ2v) is 5.31. The van der Waals surface area contributed by atoms with Crippen molar-refractivity contribution in [1.29, 1.82) is 0 Å². The van der Waals surface area contributed by atoms with Gasteiger partial charge in [0.25, 0.3) is 0 Å². The number of hydrogen-bond acceptors (Lipinski definition) is 2. The van der Waals surface area contributed by atoms with E-state index in [-0.39, 0.29) is 0 Å². The third kappa shape index (κ3) is 2.90. The molecule has 1 heterocycles. The predicted molar refractivity (Wildman–Crippen MR) is 77.2 cm³/mol. The monoisotopic (exact) mass is 255 g/mol. The summed E-state index contributed by atoms with van der Waals surface area (Å²) in [6.07, 6.45) is 4.51. The molecule has 0 amide bonds. The highest BCUT2D eigenvalue weighted by molar-refractivity contribution is 5.30. The maximum Gasteiger partial charge on any atom is 0.117 e. The Morgan fingerprint density at radius 2 is 1.89 bits per heavy atom.